The second-order valence-electron chi connectivity index (χ2n) is 10.9. The molecule has 5 aromatic rings. The van der Waals surface area contributed by atoms with Crippen LogP contribution in [0.4, 0.5) is 11.6 Å². The van der Waals surface area contributed by atoms with E-state index in [0.29, 0.717) is 5.95 Å². The topological polar surface area (TPSA) is 50.3 Å². The fourth-order valence-corrected chi connectivity index (χ4v) is 6.30. The first-order chi connectivity index (χ1) is 19.8. The first kappa shape index (κ1) is 24.8. The molecule has 2 heterocycles. The van der Waals surface area contributed by atoms with Crippen molar-refractivity contribution >= 4 is 22.5 Å². The van der Waals surface area contributed by atoms with Gasteiger partial charge in [0.1, 0.15) is 11.5 Å². The van der Waals surface area contributed by atoms with Crippen molar-refractivity contribution in [3.63, 3.8) is 0 Å². The summed E-state index contributed by atoms with van der Waals surface area (Å²) in [6.45, 7) is 2.55. The summed E-state index contributed by atoms with van der Waals surface area (Å²) >= 11 is 0. The van der Waals surface area contributed by atoms with Crippen molar-refractivity contribution in [3.8, 4) is 22.6 Å². The normalized spacial score (nSPS) is 17.4. The Hall–Kier alpha value is -4.22. The molecule has 1 aliphatic heterocycles. The van der Waals surface area contributed by atoms with E-state index >= 15 is 0 Å². The molecule has 0 radical (unpaired) electrons. The zero-order valence-electron chi connectivity index (χ0n) is 22.7. The Kier molecular flexibility index (Phi) is 6.88. The molecule has 4 aromatic carbocycles. The number of hydrogen-bond donors (Lipinski definition) is 1. The van der Waals surface area contributed by atoms with Gasteiger partial charge in [-0.1, -0.05) is 60.7 Å². The number of benzene rings is 4. The van der Waals surface area contributed by atoms with E-state index < -0.39 is 0 Å². The van der Waals surface area contributed by atoms with Crippen LogP contribution in [0, 0.1) is 0 Å². The highest BCUT2D eigenvalue weighted by molar-refractivity contribution is 5.95. The van der Waals surface area contributed by atoms with Gasteiger partial charge >= 0.3 is 0 Å². The number of anilines is 2. The number of rotatable bonds is 6. The molecule has 0 spiro atoms. The molecule has 40 heavy (non-hydrogen) atoms. The van der Waals surface area contributed by atoms with Crippen LogP contribution >= 0.6 is 0 Å². The number of fused-ring (bicyclic) bond motifs is 2. The molecule has 1 aromatic heterocycles. The highest BCUT2D eigenvalue weighted by Gasteiger charge is 2.24. The third-order valence-electron chi connectivity index (χ3n) is 8.37. The summed E-state index contributed by atoms with van der Waals surface area (Å²) in [6, 6.07) is 31.7. The van der Waals surface area contributed by atoms with Crippen molar-refractivity contribution in [2.45, 2.75) is 44.6 Å². The average molecular weight is 527 g/mol. The van der Waals surface area contributed by atoms with Crippen molar-refractivity contribution in [2.24, 2.45) is 0 Å². The maximum absolute atomic E-state index is 6.28. The number of hydrogen-bond acceptors (Lipinski definition) is 5. The van der Waals surface area contributed by atoms with Crippen LogP contribution in [0.15, 0.2) is 97.2 Å². The number of likely N-dealkylation sites (tertiary alicyclic amines) is 1. The van der Waals surface area contributed by atoms with Gasteiger partial charge in [-0.15, -0.1) is 0 Å². The van der Waals surface area contributed by atoms with Crippen molar-refractivity contribution < 1.29 is 4.74 Å². The van der Waals surface area contributed by atoms with Gasteiger partial charge in [-0.2, -0.15) is 0 Å². The molecule has 0 amide bonds. The van der Waals surface area contributed by atoms with Crippen molar-refractivity contribution in [1.82, 2.24) is 14.9 Å². The van der Waals surface area contributed by atoms with Crippen LogP contribution in [0.2, 0.25) is 0 Å². The molecule has 2 aliphatic rings. The molecule has 7 rings (SSSR count). The fourth-order valence-electron chi connectivity index (χ4n) is 6.30. The van der Waals surface area contributed by atoms with Gasteiger partial charge in [-0.25, -0.2) is 9.97 Å². The van der Waals surface area contributed by atoms with Crippen LogP contribution in [0.1, 0.15) is 36.8 Å². The molecule has 1 saturated heterocycles. The van der Waals surface area contributed by atoms with Gasteiger partial charge in [-0.3, -0.25) is 0 Å². The molecule has 5 heteroatoms. The summed E-state index contributed by atoms with van der Waals surface area (Å²) in [5, 5.41) is 4.50. The van der Waals surface area contributed by atoms with Gasteiger partial charge in [0.2, 0.25) is 5.95 Å². The fraction of sp³-hybridized carbons (Fsp3) is 0.257. The third-order valence-corrected chi connectivity index (χ3v) is 8.37. The lowest BCUT2D eigenvalue weighted by atomic mass is 10.0. The zero-order valence-corrected chi connectivity index (χ0v) is 22.7. The first-order valence-corrected chi connectivity index (χ1v) is 14.5. The lowest BCUT2D eigenvalue weighted by molar-refractivity contribution is 0.222. The Bertz CT molecular complexity index is 1630. The smallest absolute Gasteiger partial charge is 0.227 e. The monoisotopic (exact) mass is 526 g/mol. The van der Waals surface area contributed by atoms with Crippen LogP contribution in [-0.4, -0.2) is 34.0 Å². The Labute approximate surface area is 235 Å². The van der Waals surface area contributed by atoms with E-state index in [-0.39, 0.29) is 0 Å². The lowest BCUT2D eigenvalue weighted by Crippen LogP contribution is -2.32. The maximum atomic E-state index is 6.28. The van der Waals surface area contributed by atoms with Gasteiger partial charge in [-0.05, 0) is 93.1 Å². The van der Waals surface area contributed by atoms with Gasteiger partial charge in [0.15, 0.2) is 0 Å². The average Bonchev–Trinajstić information content (AvgIpc) is 3.45. The van der Waals surface area contributed by atoms with E-state index in [1.165, 1.54) is 49.9 Å². The van der Waals surface area contributed by atoms with Crippen LogP contribution in [0.5, 0.6) is 11.5 Å². The minimum absolute atomic E-state index is 0.602. The van der Waals surface area contributed by atoms with Crippen molar-refractivity contribution in [2.75, 3.05) is 18.4 Å². The minimum Gasteiger partial charge on any atom is -0.457 e. The van der Waals surface area contributed by atoms with Crippen LogP contribution < -0.4 is 10.1 Å². The van der Waals surface area contributed by atoms with E-state index in [1.54, 1.807) is 0 Å². The third kappa shape index (κ3) is 5.17. The number of nitrogens with zero attached hydrogens (tertiary/aromatic N) is 3. The van der Waals surface area contributed by atoms with Gasteiger partial charge in [0, 0.05) is 34.4 Å². The first-order valence-electron chi connectivity index (χ1n) is 14.5. The van der Waals surface area contributed by atoms with Crippen molar-refractivity contribution in [1.29, 1.82) is 0 Å². The molecular weight excluding hydrogens is 492 g/mol. The SMILES string of the molecule is c1ccc(Oc2ccccc2-c2cccc3cnc(Nc4ccc5c(c4)CC[C@@H](N4CCCC4)CC5)nc23)cc1. The minimum atomic E-state index is 0.602. The number of aryl methyl sites for hydroxylation is 2. The molecule has 1 fully saturated rings. The lowest BCUT2D eigenvalue weighted by Gasteiger charge is -2.25. The van der Waals surface area contributed by atoms with E-state index in [9.17, 15) is 0 Å². The Morgan fingerprint density at radius 2 is 1.52 bits per heavy atom. The second-order valence-corrected chi connectivity index (χ2v) is 10.9. The quantitative estimate of drug-likeness (QED) is 0.226. The number of nitrogens with one attached hydrogen (secondary N) is 1. The summed E-state index contributed by atoms with van der Waals surface area (Å²) in [5.41, 5.74) is 6.91. The van der Waals surface area contributed by atoms with Crippen LogP contribution in [0.3, 0.4) is 0 Å². The molecule has 200 valence electrons. The molecule has 5 nitrogen and oxygen atoms in total. The van der Waals surface area contributed by atoms with Crippen LogP contribution in [-0.2, 0) is 12.8 Å². The predicted octanol–water partition coefficient (Wildman–Crippen LogP) is 8.18. The Balaban J connectivity index is 1.16. The number of aromatic nitrogens is 2. The van der Waals surface area contributed by atoms with Gasteiger partial charge in [0.05, 0.1) is 5.52 Å². The highest BCUT2D eigenvalue weighted by atomic mass is 16.5. The van der Waals surface area contributed by atoms with Crippen molar-refractivity contribution in [3.05, 3.63) is 108 Å². The summed E-state index contributed by atoms with van der Waals surface area (Å²) < 4.78 is 6.28. The number of para-hydroxylation sites is 3. The molecule has 0 unspecified atom stereocenters. The van der Waals surface area contributed by atoms with Gasteiger partial charge in [0.25, 0.3) is 0 Å². The molecule has 1 aliphatic carbocycles. The van der Waals surface area contributed by atoms with E-state index in [2.05, 4.69) is 57.7 Å². The number of ether oxygens (including phenoxy) is 1. The summed E-state index contributed by atoms with van der Waals surface area (Å²) in [4.78, 5) is 12.4. The molecular formula is C35H34N4O. The van der Waals surface area contributed by atoms with E-state index in [4.69, 9.17) is 9.72 Å². The highest BCUT2D eigenvalue weighted by Crippen LogP contribution is 2.37. The summed E-state index contributed by atoms with van der Waals surface area (Å²) in [7, 11) is 0. The summed E-state index contributed by atoms with van der Waals surface area (Å²) in [6.07, 6.45) is 9.43. The zero-order chi connectivity index (χ0) is 26.7. The van der Waals surface area contributed by atoms with Gasteiger partial charge < -0.3 is 15.0 Å². The Morgan fingerprint density at radius 3 is 2.40 bits per heavy atom. The molecule has 0 bridgehead atoms. The molecule has 1 atom stereocenters. The van der Waals surface area contributed by atoms with Crippen LogP contribution in [0.25, 0.3) is 22.0 Å². The predicted molar refractivity (Wildman–Crippen MR) is 162 cm³/mol. The Morgan fingerprint density at radius 1 is 0.750 bits per heavy atom. The summed E-state index contributed by atoms with van der Waals surface area (Å²) in [5.74, 6) is 2.21. The standard InChI is InChI=1S/C35H34N4O/c1-2-10-30(11-3-1)40-33-14-5-4-12-31(33)32-13-8-9-27-24-36-35(38-34(27)32)37-28-18-15-25-16-19-29(20-17-26(25)23-28)39-21-6-7-22-39/h1-5,8-15,18,23-24,29H,6-7,16-17,19-22H2,(H,36,37,38)/t29-/m0/s1. The second kappa shape index (κ2) is 11.1. The molecule has 1 N–H and O–H groups in total. The maximum Gasteiger partial charge on any atom is 0.227 e. The van der Waals surface area contributed by atoms with E-state index in [0.717, 1.165) is 58.1 Å². The molecule has 0 saturated carbocycles. The largest absolute Gasteiger partial charge is 0.457 e. The van der Waals surface area contributed by atoms with E-state index in [1.807, 2.05) is 54.7 Å².